The maximum absolute atomic E-state index is 6.35. The van der Waals surface area contributed by atoms with Crippen LogP contribution in [0.1, 0.15) is 0 Å². The second-order valence-electron chi connectivity index (χ2n) is 4.98. The minimum absolute atomic E-state index is 0.529. The second kappa shape index (κ2) is 5.65. The fourth-order valence-electron chi connectivity index (χ4n) is 2.41. The van der Waals surface area contributed by atoms with E-state index in [4.69, 9.17) is 23.2 Å². The fourth-order valence-corrected chi connectivity index (χ4v) is 2.88. The maximum atomic E-state index is 6.35. The van der Waals surface area contributed by atoms with Gasteiger partial charge in [-0.1, -0.05) is 65.7 Å². The molecule has 0 amide bonds. The number of halogens is 2. The molecule has 0 radical (unpaired) electrons. The summed E-state index contributed by atoms with van der Waals surface area (Å²) in [5.41, 5.74) is 2.95. The van der Waals surface area contributed by atoms with Crippen molar-refractivity contribution >= 4 is 28.8 Å². The monoisotopic (exact) mass is 340 g/mol. The number of rotatable bonds is 2. The molecule has 2 heterocycles. The Morgan fingerprint density at radius 1 is 0.783 bits per heavy atom. The van der Waals surface area contributed by atoms with Gasteiger partial charge in [-0.3, -0.25) is 0 Å². The Kier molecular flexibility index (Phi) is 3.48. The summed E-state index contributed by atoms with van der Waals surface area (Å²) in [6.45, 7) is 0. The fraction of sp³-hybridized carbons (Fsp3) is 0. The smallest absolute Gasteiger partial charge is 0.186 e. The number of fused-ring (bicyclic) bond motifs is 1. The topological polar surface area (TPSA) is 43.1 Å². The van der Waals surface area contributed by atoms with E-state index in [0.717, 1.165) is 11.1 Å². The molecule has 2 aromatic heterocycles. The average Bonchev–Trinajstić information content (AvgIpc) is 2.98. The Morgan fingerprint density at radius 3 is 2.30 bits per heavy atom. The predicted molar refractivity (Wildman–Crippen MR) is 91.7 cm³/mol. The van der Waals surface area contributed by atoms with Gasteiger partial charge in [0.1, 0.15) is 5.69 Å². The van der Waals surface area contributed by atoms with Crippen LogP contribution in [0.25, 0.3) is 28.3 Å². The van der Waals surface area contributed by atoms with Crippen LogP contribution in [0.2, 0.25) is 10.0 Å². The maximum Gasteiger partial charge on any atom is 0.186 e. The molecule has 0 saturated carbocycles. The van der Waals surface area contributed by atoms with Gasteiger partial charge in [-0.15, -0.1) is 10.2 Å². The molecule has 6 heteroatoms. The van der Waals surface area contributed by atoms with E-state index >= 15 is 0 Å². The Balaban J connectivity index is 1.97. The number of hydrogen-bond donors (Lipinski definition) is 0. The first kappa shape index (κ1) is 14.2. The van der Waals surface area contributed by atoms with E-state index in [2.05, 4.69) is 15.3 Å². The van der Waals surface area contributed by atoms with E-state index in [0.29, 0.717) is 27.2 Å². The van der Waals surface area contributed by atoms with E-state index < -0.39 is 0 Å². The van der Waals surface area contributed by atoms with E-state index in [-0.39, 0.29) is 0 Å². The summed E-state index contributed by atoms with van der Waals surface area (Å²) < 4.78 is 1.66. The standard InChI is InChI=1S/C17H10Cl2N4/c18-13-9-5-4-8-12(13)17-21-20-15-10-14(19)16(22-23(15)17)11-6-2-1-3-7-11/h1-10H. The minimum atomic E-state index is 0.529. The van der Waals surface area contributed by atoms with Gasteiger partial charge in [0, 0.05) is 17.2 Å². The third-order valence-corrected chi connectivity index (χ3v) is 4.13. The largest absolute Gasteiger partial charge is 0.192 e. The Morgan fingerprint density at radius 2 is 1.52 bits per heavy atom. The van der Waals surface area contributed by atoms with Gasteiger partial charge >= 0.3 is 0 Å². The van der Waals surface area contributed by atoms with Crippen LogP contribution in [0.15, 0.2) is 60.7 Å². The van der Waals surface area contributed by atoms with Crippen molar-refractivity contribution in [3.05, 3.63) is 70.7 Å². The highest BCUT2D eigenvalue weighted by Crippen LogP contribution is 2.30. The highest BCUT2D eigenvalue weighted by molar-refractivity contribution is 6.33. The predicted octanol–water partition coefficient (Wildman–Crippen LogP) is 4.77. The first-order chi connectivity index (χ1) is 11.2. The Labute approximate surface area is 142 Å². The summed E-state index contributed by atoms with van der Waals surface area (Å²) in [5, 5.41) is 14.1. The van der Waals surface area contributed by atoms with Crippen molar-refractivity contribution in [2.24, 2.45) is 0 Å². The zero-order chi connectivity index (χ0) is 15.8. The molecule has 0 aliphatic rings. The lowest BCUT2D eigenvalue weighted by Gasteiger charge is -2.06. The highest BCUT2D eigenvalue weighted by Gasteiger charge is 2.15. The summed E-state index contributed by atoms with van der Waals surface area (Å²) in [7, 11) is 0. The lowest BCUT2D eigenvalue weighted by molar-refractivity contribution is 0.942. The van der Waals surface area contributed by atoms with Crippen molar-refractivity contribution in [3.8, 4) is 22.6 Å². The van der Waals surface area contributed by atoms with Gasteiger partial charge in [-0.2, -0.15) is 9.61 Å². The van der Waals surface area contributed by atoms with Crippen LogP contribution in [0, 0.1) is 0 Å². The summed E-state index contributed by atoms with van der Waals surface area (Å²) >= 11 is 12.6. The lowest BCUT2D eigenvalue weighted by Crippen LogP contribution is -1.98. The third kappa shape index (κ3) is 2.46. The molecule has 0 spiro atoms. The van der Waals surface area contributed by atoms with Crippen molar-refractivity contribution in [1.29, 1.82) is 0 Å². The van der Waals surface area contributed by atoms with Gasteiger partial charge in [0.15, 0.2) is 11.5 Å². The van der Waals surface area contributed by atoms with Gasteiger partial charge in [-0.25, -0.2) is 0 Å². The zero-order valence-corrected chi connectivity index (χ0v) is 13.3. The molecule has 0 saturated heterocycles. The number of hydrogen-bond acceptors (Lipinski definition) is 3. The Bertz CT molecular complexity index is 996. The molecule has 0 aliphatic carbocycles. The number of nitrogens with zero attached hydrogens (tertiary/aromatic N) is 4. The number of aromatic nitrogens is 4. The molecule has 0 unspecified atom stereocenters. The average molecular weight is 341 g/mol. The summed E-state index contributed by atoms with van der Waals surface area (Å²) in [5.74, 6) is 0.583. The van der Waals surface area contributed by atoms with E-state index in [1.54, 1.807) is 10.6 Å². The van der Waals surface area contributed by atoms with E-state index in [9.17, 15) is 0 Å². The quantitative estimate of drug-likeness (QED) is 0.528. The van der Waals surface area contributed by atoms with E-state index in [1.165, 1.54) is 0 Å². The van der Waals surface area contributed by atoms with Gasteiger partial charge in [0.25, 0.3) is 0 Å². The van der Waals surface area contributed by atoms with Crippen LogP contribution >= 0.6 is 23.2 Å². The summed E-state index contributed by atoms with van der Waals surface area (Å²) in [6, 6.07) is 19.0. The molecule has 0 aliphatic heterocycles. The van der Waals surface area contributed by atoms with Crippen LogP contribution in [-0.2, 0) is 0 Å². The molecule has 4 aromatic rings. The Hall–Kier alpha value is -2.43. The van der Waals surface area contributed by atoms with Crippen molar-refractivity contribution in [2.75, 3.05) is 0 Å². The molecule has 4 rings (SSSR count). The SMILES string of the molecule is Clc1ccccc1-c1nnc2cc(Cl)c(-c3ccccc3)nn12. The molecule has 0 fully saturated rings. The molecular formula is C17H10Cl2N4. The van der Waals surface area contributed by atoms with Crippen molar-refractivity contribution in [2.45, 2.75) is 0 Å². The first-order valence-electron chi connectivity index (χ1n) is 6.96. The van der Waals surface area contributed by atoms with Crippen LogP contribution in [-0.4, -0.2) is 19.8 Å². The molecule has 0 N–H and O–H groups in total. The van der Waals surface area contributed by atoms with Gasteiger partial charge in [-0.05, 0) is 12.1 Å². The van der Waals surface area contributed by atoms with Gasteiger partial charge in [0.05, 0.1) is 10.0 Å². The highest BCUT2D eigenvalue weighted by atomic mass is 35.5. The van der Waals surface area contributed by atoms with Crippen molar-refractivity contribution < 1.29 is 0 Å². The molecule has 4 nitrogen and oxygen atoms in total. The van der Waals surface area contributed by atoms with Crippen molar-refractivity contribution in [1.82, 2.24) is 19.8 Å². The molecule has 0 bridgehead atoms. The van der Waals surface area contributed by atoms with Crippen LogP contribution in [0.5, 0.6) is 0 Å². The molecule has 112 valence electrons. The van der Waals surface area contributed by atoms with Crippen molar-refractivity contribution in [3.63, 3.8) is 0 Å². The van der Waals surface area contributed by atoms with Crippen LogP contribution in [0.3, 0.4) is 0 Å². The van der Waals surface area contributed by atoms with E-state index in [1.807, 2.05) is 54.6 Å². The molecule has 2 aromatic carbocycles. The van der Waals surface area contributed by atoms with Crippen LogP contribution in [0.4, 0.5) is 0 Å². The summed E-state index contributed by atoms with van der Waals surface area (Å²) in [6.07, 6.45) is 0. The lowest BCUT2D eigenvalue weighted by atomic mass is 10.1. The second-order valence-corrected chi connectivity index (χ2v) is 5.79. The van der Waals surface area contributed by atoms with Crippen LogP contribution < -0.4 is 0 Å². The minimum Gasteiger partial charge on any atom is -0.192 e. The molecule has 23 heavy (non-hydrogen) atoms. The summed E-state index contributed by atoms with van der Waals surface area (Å²) in [4.78, 5) is 0. The molecule has 0 atom stereocenters. The zero-order valence-electron chi connectivity index (χ0n) is 11.8. The third-order valence-electron chi connectivity index (χ3n) is 3.51. The number of benzene rings is 2. The molecular weight excluding hydrogens is 331 g/mol. The van der Waals surface area contributed by atoms with Gasteiger partial charge in [0.2, 0.25) is 0 Å². The van der Waals surface area contributed by atoms with Gasteiger partial charge < -0.3 is 0 Å². The normalized spacial score (nSPS) is 11.0. The first-order valence-corrected chi connectivity index (χ1v) is 7.72.